The van der Waals surface area contributed by atoms with E-state index in [-0.39, 0.29) is 10.6 Å². The summed E-state index contributed by atoms with van der Waals surface area (Å²) in [7, 11) is 1.51. The monoisotopic (exact) mass is 264 g/mol. The van der Waals surface area contributed by atoms with Crippen molar-refractivity contribution in [3.05, 3.63) is 28.3 Å². The lowest BCUT2D eigenvalue weighted by molar-refractivity contribution is -0.384. The minimum absolute atomic E-state index is 0.0815. The molecule has 0 atom stereocenters. The maximum Gasteiger partial charge on any atom is 0.296 e. The third kappa shape index (κ3) is 3.36. The lowest BCUT2D eigenvalue weighted by Crippen LogP contribution is -2.25. The van der Waals surface area contributed by atoms with Crippen LogP contribution in [0.1, 0.15) is 32.6 Å². The molecule has 0 aliphatic heterocycles. The number of hydrogen-bond acceptors (Lipinski definition) is 4. The second-order valence-corrected chi connectivity index (χ2v) is 5.24. The topological polar surface area (TPSA) is 64.4 Å². The molecule has 2 rings (SSSR count). The molecule has 5 nitrogen and oxygen atoms in total. The molecule has 1 aliphatic carbocycles. The standard InChI is InChI=1S/C14H20N2O3/c1-10-3-5-11(6-4-10)15-13-8-7-12(19-2)9-14(13)16(17)18/h7-11,15H,3-6H2,1-2H3. The summed E-state index contributed by atoms with van der Waals surface area (Å²) in [4.78, 5) is 10.7. The van der Waals surface area contributed by atoms with Crippen LogP contribution in [0.3, 0.4) is 0 Å². The third-order valence-electron chi connectivity index (χ3n) is 3.78. The predicted octanol–water partition coefficient (Wildman–Crippen LogP) is 3.59. The fourth-order valence-electron chi connectivity index (χ4n) is 2.54. The number of nitro groups is 1. The Morgan fingerprint density at radius 1 is 1.32 bits per heavy atom. The number of anilines is 1. The summed E-state index contributed by atoms with van der Waals surface area (Å²) in [6.45, 7) is 2.26. The van der Waals surface area contributed by atoms with Gasteiger partial charge in [-0.3, -0.25) is 10.1 Å². The van der Waals surface area contributed by atoms with E-state index in [9.17, 15) is 10.1 Å². The Labute approximate surface area is 113 Å². The molecule has 0 saturated heterocycles. The normalized spacial score (nSPS) is 22.8. The van der Waals surface area contributed by atoms with Crippen molar-refractivity contribution in [2.45, 2.75) is 38.6 Å². The van der Waals surface area contributed by atoms with Gasteiger partial charge in [-0.25, -0.2) is 0 Å². The molecule has 0 unspecified atom stereocenters. The van der Waals surface area contributed by atoms with Crippen LogP contribution in [0.15, 0.2) is 18.2 Å². The van der Waals surface area contributed by atoms with Crippen LogP contribution in [-0.4, -0.2) is 18.1 Å². The van der Waals surface area contributed by atoms with Crippen LogP contribution < -0.4 is 10.1 Å². The molecule has 19 heavy (non-hydrogen) atoms. The summed E-state index contributed by atoms with van der Waals surface area (Å²) in [5, 5.41) is 14.4. The molecular formula is C14H20N2O3. The van der Waals surface area contributed by atoms with E-state index in [1.807, 2.05) is 0 Å². The van der Waals surface area contributed by atoms with E-state index >= 15 is 0 Å². The van der Waals surface area contributed by atoms with E-state index in [2.05, 4.69) is 12.2 Å². The first-order valence-electron chi connectivity index (χ1n) is 6.69. The molecule has 0 spiro atoms. The van der Waals surface area contributed by atoms with Gasteiger partial charge < -0.3 is 10.1 Å². The van der Waals surface area contributed by atoms with Crippen LogP contribution in [0.25, 0.3) is 0 Å². The minimum Gasteiger partial charge on any atom is -0.496 e. The lowest BCUT2D eigenvalue weighted by Gasteiger charge is -2.27. The Balaban J connectivity index is 2.13. The van der Waals surface area contributed by atoms with Crippen molar-refractivity contribution in [2.24, 2.45) is 5.92 Å². The number of nitrogens with zero attached hydrogens (tertiary/aromatic N) is 1. The van der Waals surface area contributed by atoms with Crippen molar-refractivity contribution in [1.29, 1.82) is 0 Å². The number of benzene rings is 1. The van der Waals surface area contributed by atoms with Gasteiger partial charge in [-0.05, 0) is 43.7 Å². The number of nitro benzene ring substituents is 1. The van der Waals surface area contributed by atoms with E-state index in [1.165, 1.54) is 26.0 Å². The van der Waals surface area contributed by atoms with Crippen LogP contribution in [-0.2, 0) is 0 Å². The van der Waals surface area contributed by atoms with Gasteiger partial charge in [-0.15, -0.1) is 0 Å². The Morgan fingerprint density at radius 2 is 2.00 bits per heavy atom. The molecule has 0 amide bonds. The summed E-state index contributed by atoms with van der Waals surface area (Å²) in [5.74, 6) is 1.28. The van der Waals surface area contributed by atoms with Crippen LogP contribution in [0.4, 0.5) is 11.4 Å². The van der Waals surface area contributed by atoms with Crippen LogP contribution in [0.5, 0.6) is 5.75 Å². The second kappa shape index (κ2) is 5.91. The van der Waals surface area contributed by atoms with Crippen molar-refractivity contribution in [3.8, 4) is 5.75 Å². The summed E-state index contributed by atoms with van der Waals surface area (Å²) < 4.78 is 5.03. The Hall–Kier alpha value is -1.78. The van der Waals surface area contributed by atoms with Crippen LogP contribution in [0, 0.1) is 16.0 Å². The average Bonchev–Trinajstić information content (AvgIpc) is 2.41. The maximum absolute atomic E-state index is 11.1. The van der Waals surface area contributed by atoms with Crippen molar-refractivity contribution in [2.75, 3.05) is 12.4 Å². The Kier molecular flexibility index (Phi) is 4.24. The Morgan fingerprint density at radius 3 is 2.58 bits per heavy atom. The zero-order chi connectivity index (χ0) is 13.8. The van der Waals surface area contributed by atoms with Crippen molar-refractivity contribution >= 4 is 11.4 Å². The highest BCUT2D eigenvalue weighted by Crippen LogP contribution is 2.32. The highest BCUT2D eigenvalue weighted by atomic mass is 16.6. The highest BCUT2D eigenvalue weighted by molar-refractivity contribution is 5.64. The predicted molar refractivity (Wildman–Crippen MR) is 74.7 cm³/mol. The van der Waals surface area contributed by atoms with E-state index in [4.69, 9.17) is 4.74 Å². The fourth-order valence-corrected chi connectivity index (χ4v) is 2.54. The number of methoxy groups -OCH3 is 1. The zero-order valence-corrected chi connectivity index (χ0v) is 11.4. The molecule has 104 valence electrons. The van der Waals surface area contributed by atoms with Gasteiger partial charge in [0.25, 0.3) is 5.69 Å². The summed E-state index contributed by atoms with van der Waals surface area (Å²) >= 11 is 0. The molecular weight excluding hydrogens is 244 g/mol. The molecule has 1 aliphatic rings. The SMILES string of the molecule is COc1ccc(NC2CCC(C)CC2)c([N+](=O)[O-])c1. The van der Waals surface area contributed by atoms with Gasteiger partial charge in [0, 0.05) is 6.04 Å². The van der Waals surface area contributed by atoms with E-state index in [0.717, 1.165) is 18.8 Å². The molecule has 1 aromatic carbocycles. The number of hydrogen-bond donors (Lipinski definition) is 1. The van der Waals surface area contributed by atoms with Gasteiger partial charge in [0.2, 0.25) is 0 Å². The van der Waals surface area contributed by atoms with Crippen molar-refractivity contribution in [3.63, 3.8) is 0 Å². The fraction of sp³-hybridized carbons (Fsp3) is 0.571. The third-order valence-corrected chi connectivity index (χ3v) is 3.78. The quantitative estimate of drug-likeness (QED) is 0.666. The van der Waals surface area contributed by atoms with Crippen LogP contribution in [0.2, 0.25) is 0 Å². The highest BCUT2D eigenvalue weighted by Gasteiger charge is 2.22. The van der Waals surface area contributed by atoms with Gasteiger partial charge in [-0.2, -0.15) is 0 Å². The molecule has 5 heteroatoms. The van der Waals surface area contributed by atoms with Gasteiger partial charge in [0.15, 0.2) is 0 Å². The van der Waals surface area contributed by atoms with Crippen molar-refractivity contribution in [1.82, 2.24) is 0 Å². The lowest BCUT2D eigenvalue weighted by atomic mass is 9.87. The van der Waals surface area contributed by atoms with Crippen molar-refractivity contribution < 1.29 is 9.66 Å². The zero-order valence-electron chi connectivity index (χ0n) is 11.4. The number of nitrogens with one attached hydrogen (secondary N) is 1. The number of ether oxygens (including phenoxy) is 1. The van der Waals surface area contributed by atoms with E-state index in [1.54, 1.807) is 12.1 Å². The summed E-state index contributed by atoms with van der Waals surface area (Å²) in [6, 6.07) is 5.28. The smallest absolute Gasteiger partial charge is 0.296 e. The molecule has 0 heterocycles. The first kappa shape index (κ1) is 13.6. The first-order chi connectivity index (χ1) is 9.10. The molecule has 0 radical (unpaired) electrons. The largest absolute Gasteiger partial charge is 0.496 e. The molecule has 1 fully saturated rings. The molecule has 1 aromatic rings. The summed E-state index contributed by atoms with van der Waals surface area (Å²) in [6.07, 6.45) is 4.51. The van der Waals surface area contributed by atoms with Gasteiger partial charge in [0.05, 0.1) is 18.1 Å². The van der Waals surface area contributed by atoms with E-state index < -0.39 is 0 Å². The molecule has 0 bridgehead atoms. The van der Waals surface area contributed by atoms with Crippen LogP contribution >= 0.6 is 0 Å². The minimum atomic E-state index is -0.365. The molecule has 1 N–H and O–H groups in total. The Bertz CT molecular complexity index is 454. The van der Waals surface area contributed by atoms with Gasteiger partial charge in [0.1, 0.15) is 11.4 Å². The summed E-state index contributed by atoms with van der Waals surface area (Å²) in [5.41, 5.74) is 0.670. The maximum atomic E-state index is 11.1. The van der Waals surface area contributed by atoms with Gasteiger partial charge in [-0.1, -0.05) is 6.92 Å². The first-order valence-corrected chi connectivity index (χ1v) is 6.69. The average molecular weight is 264 g/mol. The number of rotatable bonds is 4. The molecule has 0 aromatic heterocycles. The molecule has 1 saturated carbocycles. The van der Waals surface area contributed by atoms with E-state index in [0.29, 0.717) is 17.5 Å². The second-order valence-electron chi connectivity index (χ2n) is 5.24. The van der Waals surface area contributed by atoms with Gasteiger partial charge >= 0.3 is 0 Å².